The average molecular weight is 338 g/mol. The number of nitrogens with one attached hydrogen (secondary N) is 1. The summed E-state index contributed by atoms with van der Waals surface area (Å²) >= 11 is 0. The van der Waals surface area contributed by atoms with E-state index in [1.54, 1.807) is 12.1 Å². The van der Waals surface area contributed by atoms with E-state index in [0.29, 0.717) is 4.90 Å². The van der Waals surface area contributed by atoms with Gasteiger partial charge in [0.2, 0.25) is 10.0 Å². The molecule has 23 heavy (non-hydrogen) atoms. The van der Waals surface area contributed by atoms with Crippen molar-refractivity contribution in [3.63, 3.8) is 0 Å². The van der Waals surface area contributed by atoms with Crippen molar-refractivity contribution >= 4 is 10.0 Å². The second-order valence-corrected chi connectivity index (χ2v) is 8.48. The highest BCUT2D eigenvalue weighted by Gasteiger charge is 2.20. The molecule has 0 atom stereocenters. The average Bonchev–Trinajstić information content (AvgIpc) is 2.80. The van der Waals surface area contributed by atoms with Crippen molar-refractivity contribution < 1.29 is 8.42 Å². The summed E-state index contributed by atoms with van der Waals surface area (Å²) in [5.41, 5.74) is 1.23. The van der Waals surface area contributed by atoms with E-state index in [9.17, 15) is 8.42 Å². The lowest BCUT2D eigenvalue weighted by Crippen LogP contribution is -2.34. The van der Waals surface area contributed by atoms with Crippen LogP contribution in [0.5, 0.6) is 0 Å². The zero-order valence-electron chi connectivity index (χ0n) is 14.4. The normalized spacial score (nSPS) is 17.1. The molecule has 2 rings (SSSR count). The number of aryl methyl sites for hydroxylation is 1. The second kappa shape index (κ2) is 9.43. The van der Waals surface area contributed by atoms with E-state index in [2.05, 4.69) is 11.6 Å². The third-order valence-electron chi connectivity index (χ3n) is 4.73. The molecule has 0 heterocycles. The molecule has 1 N–H and O–H groups in total. The molecule has 1 aliphatic rings. The minimum absolute atomic E-state index is 0.108. The molecular formula is C19H31NO2S. The van der Waals surface area contributed by atoms with Crippen LogP contribution in [0, 0.1) is 0 Å². The quantitative estimate of drug-likeness (QED) is 0.546. The molecule has 0 amide bonds. The first-order valence-electron chi connectivity index (χ1n) is 9.23. The Hall–Kier alpha value is -0.870. The van der Waals surface area contributed by atoms with E-state index in [1.165, 1.54) is 44.1 Å². The number of unbranched alkanes of at least 4 members (excludes halogenated alkanes) is 3. The third kappa shape index (κ3) is 6.27. The molecule has 0 radical (unpaired) electrons. The van der Waals surface area contributed by atoms with Gasteiger partial charge in [0, 0.05) is 6.04 Å². The first kappa shape index (κ1) is 18.5. The molecule has 0 aliphatic heterocycles. The molecule has 130 valence electrons. The van der Waals surface area contributed by atoms with Gasteiger partial charge < -0.3 is 0 Å². The maximum Gasteiger partial charge on any atom is 0.240 e. The van der Waals surface area contributed by atoms with Crippen LogP contribution >= 0.6 is 0 Å². The molecule has 0 spiro atoms. The van der Waals surface area contributed by atoms with Crippen LogP contribution in [0.1, 0.15) is 76.7 Å². The molecule has 4 heteroatoms. The number of sulfonamides is 1. The number of hydrogen-bond acceptors (Lipinski definition) is 2. The SMILES string of the molecule is CCCCCCc1ccc(S(=O)(=O)NC2CCCCCC2)cc1. The van der Waals surface area contributed by atoms with Crippen LogP contribution in [0.4, 0.5) is 0 Å². The van der Waals surface area contributed by atoms with Gasteiger partial charge in [0.1, 0.15) is 0 Å². The van der Waals surface area contributed by atoms with Crippen LogP contribution in [-0.4, -0.2) is 14.5 Å². The molecule has 0 aromatic heterocycles. The minimum Gasteiger partial charge on any atom is -0.208 e. The van der Waals surface area contributed by atoms with E-state index in [1.807, 2.05) is 12.1 Å². The van der Waals surface area contributed by atoms with Crippen molar-refractivity contribution in [1.29, 1.82) is 0 Å². The third-order valence-corrected chi connectivity index (χ3v) is 6.27. The molecule has 0 saturated heterocycles. The lowest BCUT2D eigenvalue weighted by molar-refractivity contribution is 0.510. The molecule has 1 aromatic carbocycles. The van der Waals surface area contributed by atoms with Gasteiger partial charge in [0.05, 0.1) is 4.90 Å². The molecular weight excluding hydrogens is 306 g/mol. The van der Waals surface area contributed by atoms with Crippen LogP contribution in [0.25, 0.3) is 0 Å². The maximum absolute atomic E-state index is 12.5. The summed E-state index contributed by atoms with van der Waals surface area (Å²) in [4.78, 5) is 0.402. The van der Waals surface area contributed by atoms with Crippen LogP contribution in [0.2, 0.25) is 0 Å². The number of rotatable bonds is 8. The zero-order valence-corrected chi connectivity index (χ0v) is 15.2. The molecule has 0 unspecified atom stereocenters. The van der Waals surface area contributed by atoms with Crippen molar-refractivity contribution in [3.05, 3.63) is 29.8 Å². The topological polar surface area (TPSA) is 46.2 Å². The first-order chi connectivity index (χ1) is 11.1. The van der Waals surface area contributed by atoms with Crippen molar-refractivity contribution in [2.24, 2.45) is 0 Å². The van der Waals surface area contributed by atoms with Gasteiger partial charge in [-0.3, -0.25) is 0 Å². The van der Waals surface area contributed by atoms with Crippen LogP contribution in [-0.2, 0) is 16.4 Å². The predicted molar refractivity (Wildman–Crippen MR) is 96.1 cm³/mol. The van der Waals surface area contributed by atoms with Crippen LogP contribution in [0.15, 0.2) is 29.2 Å². The summed E-state index contributed by atoms with van der Waals surface area (Å²) < 4.78 is 27.9. The monoisotopic (exact) mass is 337 g/mol. The summed E-state index contributed by atoms with van der Waals surface area (Å²) in [7, 11) is -3.37. The molecule has 3 nitrogen and oxygen atoms in total. The van der Waals surface area contributed by atoms with E-state index < -0.39 is 10.0 Å². The van der Waals surface area contributed by atoms with E-state index in [4.69, 9.17) is 0 Å². The summed E-state index contributed by atoms with van der Waals surface area (Å²) in [6.45, 7) is 2.21. The number of hydrogen-bond donors (Lipinski definition) is 1. The Balaban J connectivity index is 1.91. The lowest BCUT2D eigenvalue weighted by atomic mass is 10.1. The van der Waals surface area contributed by atoms with E-state index in [0.717, 1.165) is 32.1 Å². The Labute approximate surface area is 141 Å². The van der Waals surface area contributed by atoms with Crippen molar-refractivity contribution in [1.82, 2.24) is 4.72 Å². The summed E-state index contributed by atoms with van der Waals surface area (Å²) in [6, 6.07) is 7.56. The predicted octanol–water partition coefficient (Wildman–Crippen LogP) is 4.81. The number of benzene rings is 1. The fourth-order valence-corrected chi connectivity index (χ4v) is 4.58. The zero-order chi connectivity index (χ0) is 16.5. The van der Waals surface area contributed by atoms with Gasteiger partial charge in [-0.2, -0.15) is 0 Å². The molecule has 0 bridgehead atoms. The van der Waals surface area contributed by atoms with Crippen molar-refractivity contribution in [2.75, 3.05) is 0 Å². The van der Waals surface area contributed by atoms with Crippen LogP contribution < -0.4 is 4.72 Å². The van der Waals surface area contributed by atoms with Gasteiger partial charge in [-0.25, -0.2) is 13.1 Å². The summed E-state index contributed by atoms with van der Waals surface area (Å²) in [5, 5.41) is 0. The molecule has 1 aliphatic carbocycles. The van der Waals surface area contributed by atoms with Gasteiger partial charge in [0.25, 0.3) is 0 Å². The minimum atomic E-state index is -3.37. The first-order valence-corrected chi connectivity index (χ1v) is 10.7. The second-order valence-electron chi connectivity index (χ2n) is 6.76. The molecule has 1 aromatic rings. The van der Waals surface area contributed by atoms with E-state index in [-0.39, 0.29) is 6.04 Å². The fraction of sp³-hybridized carbons (Fsp3) is 0.684. The lowest BCUT2D eigenvalue weighted by Gasteiger charge is -2.16. The molecule has 1 fully saturated rings. The Morgan fingerprint density at radius 3 is 2.22 bits per heavy atom. The molecule has 1 saturated carbocycles. The van der Waals surface area contributed by atoms with E-state index >= 15 is 0 Å². The highest BCUT2D eigenvalue weighted by atomic mass is 32.2. The highest BCUT2D eigenvalue weighted by molar-refractivity contribution is 7.89. The maximum atomic E-state index is 12.5. The Kier molecular flexibility index (Phi) is 7.57. The summed E-state index contributed by atoms with van der Waals surface area (Å²) in [5.74, 6) is 0. The van der Waals surface area contributed by atoms with Gasteiger partial charge in [0.15, 0.2) is 0 Å². The Bertz CT molecular complexity index is 543. The van der Waals surface area contributed by atoms with Crippen molar-refractivity contribution in [3.8, 4) is 0 Å². The van der Waals surface area contributed by atoms with Gasteiger partial charge in [-0.15, -0.1) is 0 Å². The van der Waals surface area contributed by atoms with Gasteiger partial charge in [-0.05, 0) is 43.4 Å². The van der Waals surface area contributed by atoms with Gasteiger partial charge in [-0.1, -0.05) is 64.0 Å². The fourth-order valence-electron chi connectivity index (χ4n) is 3.28. The largest absolute Gasteiger partial charge is 0.240 e. The van der Waals surface area contributed by atoms with Crippen molar-refractivity contribution in [2.45, 2.75) is 88.5 Å². The Morgan fingerprint density at radius 2 is 1.61 bits per heavy atom. The highest BCUT2D eigenvalue weighted by Crippen LogP contribution is 2.20. The van der Waals surface area contributed by atoms with Crippen LogP contribution in [0.3, 0.4) is 0 Å². The van der Waals surface area contributed by atoms with Gasteiger partial charge >= 0.3 is 0 Å². The standard InChI is InChI=1S/C19H31NO2S/c1-2-3-4-7-10-17-13-15-19(16-14-17)23(21,22)20-18-11-8-5-6-9-12-18/h13-16,18,20H,2-12H2,1H3. The Morgan fingerprint density at radius 1 is 0.957 bits per heavy atom. The smallest absolute Gasteiger partial charge is 0.208 e. The summed E-state index contributed by atoms with van der Waals surface area (Å²) in [6.07, 6.45) is 12.6.